The maximum absolute atomic E-state index is 5.64. The molecule has 2 aromatic rings. The number of aromatic nitrogens is 3. The van der Waals surface area contributed by atoms with Gasteiger partial charge in [0.2, 0.25) is 4.77 Å². The summed E-state index contributed by atoms with van der Waals surface area (Å²) in [6.07, 6.45) is 4.47. The molecule has 1 aromatic carbocycles. The Morgan fingerprint density at radius 1 is 1.27 bits per heavy atom. The van der Waals surface area contributed by atoms with Crippen LogP contribution >= 0.6 is 12.2 Å². The Kier molecular flexibility index (Phi) is 4.45. The molecule has 5 heteroatoms. The van der Waals surface area contributed by atoms with E-state index in [4.69, 9.17) is 12.2 Å². The van der Waals surface area contributed by atoms with Crippen LogP contribution in [0.25, 0.3) is 5.69 Å². The Morgan fingerprint density at radius 2 is 2.00 bits per heavy atom. The summed E-state index contributed by atoms with van der Waals surface area (Å²) in [5.41, 5.74) is 3.63. The number of hydrogen-bond donors (Lipinski definition) is 1. The molecule has 0 radical (unpaired) electrons. The van der Waals surface area contributed by atoms with E-state index < -0.39 is 0 Å². The molecule has 0 aliphatic carbocycles. The van der Waals surface area contributed by atoms with Crippen molar-refractivity contribution in [3.63, 3.8) is 0 Å². The second-order valence-corrected chi connectivity index (χ2v) is 7.03. The Morgan fingerprint density at radius 3 is 2.68 bits per heavy atom. The van der Waals surface area contributed by atoms with Gasteiger partial charge in [0.1, 0.15) is 6.33 Å². The van der Waals surface area contributed by atoms with E-state index in [-0.39, 0.29) is 0 Å². The van der Waals surface area contributed by atoms with E-state index in [0.717, 1.165) is 23.0 Å². The van der Waals surface area contributed by atoms with Crippen LogP contribution in [0.5, 0.6) is 0 Å². The van der Waals surface area contributed by atoms with Crippen molar-refractivity contribution in [1.82, 2.24) is 14.3 Å². The highest BCUT2D eigenvalue weighted by Crippen LogP contribution is 2.16. The van der Waals surface area contributed by atoms with E-state index in [2.05, 4.69) is 44.1 Å². The molecular formula is C17H25N4S+. The lowest BCUT2D eigenvalue weighted by Crippen LogP contribution is -3.12. The molecular weight excluding hydrogens is 292 g/mol. The summed E-state index contributed by atoms with van der Waals surface area (Å²) >= 11 is 5.64. The average molecular weight is 317 g/mol. The molecule has 1 aromatic heterocycles. The first kappa shape index (κ1) is 15.4. The first-order chi connectivity index (χ1) is 10.5. The second-order valence-electron chi connectivity index (χ2n) is 6.66. The fourth-order valence-electron chi connectivity index (χ4n) is 3.23. The van der Waals surface area contributed by atoms with Gasteiger partial charge in [-0.15, -0.1) is 0 Å². The van der Waals surface area contributed by atoms with Crippen LogP contribution < -0.4 is 4.90 Å². The summed E-state index contributed by atoms with van der Waals surface area (Å²) in [7, 11) is 0. The monoisotopic (exact) mass is 317 g/mol. The van der Waals surface area contributed by atoms with Gasteiger partial charge in [0, 0.05) is 0 Å². The van der Waals surface area contributed by atoms with Gasteiger partial charge in [0.15, 0.2) is 6.67 Å². The molecule has 4 nitrogen and oxygen atoms in total. The quantitative estimate of drug-likeness (QED) is 0.880. The zero-order chi connectivity index (χ0) is 15.7. The molecule has 0 amide bonds. The van der Waals surface area contributed by atoms with Crippen LogP contribution in [0.4, 0.5) is 0 Å². The zero-order valence-corrected chi connectivity index (χ0v) is 14.5. The lowest BCUT2D eigenvalue weighted by Gasteiger charge is -2.26. The first-order valence-corrected chi connectivity index (χ1v) is 8.51. The SMILES string of the molecule is Cc1ccc(-n2cnn(C[NH+]3CCC(C)CC3)c2=S)c(C)c1. The lowest BCUT2D eigenvalue weighted by molar-refractivity contribution is -0.929. The standard InChI is InChI=1S/C17H24N4S/c1-13-6-8-19(9-7-13)12-21-17(22)20(11-18-21)16-5-4-14(2)10-15(16)3/h4-5,10-11,13H,6-9,12H2,1-3H3/p+1. The molecule has 0 unspecified atom stereocenters. The van der Waals surface area contributed by atoms with Crippen LogP contribution in [0.1, 0.15) is 30.9 Å². The van der Waals surface area contributed by atoms with E-state index in [0.29, 0.717) is 0 Å². The fraction of sp³-hybridized carbons (Fsp3) is 0.529. The van der Waals surface area contributed by atoms with Crippen molar-refractivity contribution >= 4 is 12.2 Å². The first-order valence-electron chi connectivity index (χ1n) is 8.10. The van der Waals surface area contributed by atoms with Crippen LogP contribution in [-0.4, -0.2) is 27.4 Å². The number of quaternary nitrogens is 1. The number of nitrogens with one attached hydrogen (secondary N) is 1. The largest absolute Gasteiger partial charge is 0.316 e. The van der Waals surface area contributed by atoms with Crippen LogP contribution in [0, 0.1) is 24.5 Å². The molecule has 0 spiro atoms. The Hall–Kier alpha value is -1.46. The van der Waals surface area contributed by atoms with Gasteiger partial charge in [-0.3, -0.25) is 4.57 Å². The molecule has 2 heterocycles. The molecule has 1 aliphatic heterocycles. The normalized spacial score (nSPS) is 22.0. The second kappa shape index (κ2) is 6.34. The number of hydrogen-bond acceptors (Lipinski definition) is 2. The topological polar surface area (TPSA) is 27.2 Å². The van der Waals surface area contributed by atoms with Gasteiger partial charge in [-0.25, -0.2) is 0 Å². The maximum atomic E-state index is 5.64. The lowest BCUT2D eigenvalue weighted by atomic mass is 10.00. The molecule has 1 aliphatic rings. The minimum absolute atomic E-state index is 0.790. The van der Waals surface area contributed by atoms with Gasteiger partial charge < -0.3 is 4.90 Å². The molecule has 1 N–H and O–H groups in total. The smallest absolute Gasteiger partial charge is 0.207 e. The number of rotatable bonds is 3. The van der Waals surface area contributed by atoms with E-state index in [1.54, 1.807) is 4.90 Å². The van der Waals surface area contributed by atoms with Gasteiger partial charge in [-0.05, 0) is 56.5 Å². The third-order valence-corrected chi connectivity index (χ3v) is 5.11. The molecule has 22 heavy (non-hydrogen) atoms. The summed E-state index contributed by atoms with van der Waals surface area (Å²) in [6.45, 7) is 9.90. The number of benzene rings is 1. The van der Waals surface area contributed by atoms with Gasteiger partial charge in [-0.1, -0.05) is 24.6 Å². The minimum atomic E-state index is 0.790. The maximum Gasteiger partial charge on any atom is 0.207 e. The molecule has 0 atom stereocenters. The minimum Gasteiger partial charge on any atom is -0.316 e. The Balaban J connectivity index is 1.81. The van der Waals surface area contributed by atoms with Crippen LogP contribution in [0.2, 0.25) is 0 Å². The van der Waals surface area contributed by atoms with Gasteiger partial charge in [0.25, 0.3) is 0 Å². The van der Waals surface area contributed by atoms with Crippen molar-refractivity contribution in [3.05, 3.63) is 40.4 Å². The molecule has 118 valence electrons. The van der Waals surface area contributed by atoms with Gasteiger partial charge in [-0.2, -0.15) is 9.78 Å². The van der Waals surface area contributed by atoms with Gasteiger partial charge >= 0.3 is 0 Å². The summed E-state index contributed by atoms with van der Waals surface area (Å²) in [5.74, 6) is 0.865. The molecule has 0 saturated carbocycles. The number of piperidine rings is 1. The van der Waals surface area contributed by atoms with Crippen molar-refractivity contribution in [2.24, 2.45) is 5.92 Å². The predicted molar refractivity (Wildman–Crippen MR) is 91.0 cm³/mol. The third kappa shape index (κ3) is 3.15. The van der Waals surface area contributed by atoms with Crippen LogP contribution in [0.15, 0.2) is 24.5 Å². The number of likely N-dealkylation sites (tertiary alicyclic amines) is 1. The van der Waals surface area contributed by atoms with Crippen LogP contribution in [0.3, 0.4) is 0 Å². The summed E-state index contributed by atoms with van der Waals surface area (Å²) < 4.78 is 4.79. The highest BCUT2D eigenvalue weighted by molar-refractivity contribution is 7.71. The van der Waals surface area contributed by atoms with E-state index in [1.807, 2.05) is 15.6 Å². The van der Waals surface area contributed by atoms with Crippen molar-refractivity contribution in [2.75, 3.05) is 13.1 Å². The highest BCUT2D eigenvalue weighted by atomic mass is 32.1. The summed E-state index contributed by atoms with van der Waals surface area (Å²) in [5, 5.41) is 4.52. The molecule has 1 fully saturated rings. The number of aryl methyl sites for hydroxylation is 2. The van der Waals surface area contributed by atoms with E-state index in [1.165, 1.54) is 37.1 Å². The molecule has 3 rings (SSSR count). The molecule has 0 bridgehead atoms. The average Bonchev–Trinajstić information content (AvgIpc) is 2.83. The zero-order valence-electron chi connectivity index (χ0n) is 13.7. The number of nitrogens with zero attached hydrogens (tertiary/aromatic N) is 3. The highest BCUT2D eigenvalue weighted by Gasteiger charge is 2.20. The van der Waals surface area contributed by atoms with Crippen molar-refractivity contribution < 1.29 is 4.90 Å². The predicted octanol–water partition coefficient (Wildman–Crippen LogP) is 2.29. The van der Waals surface area contributed by atoms with Crippen molar-refractivity contribution in [1.29, 1.82) is 0 Å². The van der Waals surface area contributed by atoms with Crippen molar-refractivity contribution in [3.8, 4) is 5.69 Å². The van der Waals surface area contributed by atoms with Crippen molar-refractivity contribution in [2.45, 2.75) is 40.3 Å². The van der Waals surface area contributed by atoms with Gasteiger partial charge in [0.05, 0.1) is 18.8 Å². The Labute approximate surface area is 137 Å². The Bertz CT molecular complexity index is 708. The third-order valence-electron chi connectivity index (χ3n) is 4.70. The van der Waals surface area contributed by atoms with E-state index in [9.17, 15) is 0 Å². The summed E-state index contributed by atoms with van der Waals surface area (Å²) in [6, 6.07) is 6.44. The van der Waals surface area contributed by atoms with Crippen LogP contribution in [-0.2, 0) is 6.67 Å². The fourth-order valence-corrected chi connectivity index (χ4v) is 3.48. The summed E-state index contributed by atoms with van der Waals surface area (Å²) in [4.78, 5) is 1.58. The van der Waals surface area contributed by atoms with E-state index >= 15 is 0 Å². The molecule has 1 saturated heterocycles.